The van der Waals surface area contributed by atoms with Crippen molar-refractivity contribution in [1.29, 1.82) is 0 Å². The summed E-state index contributed by atoms with van der Waals surface area (Å²) < 4.78 is 10.5. The molecule has 0 fully saturated rings. The minimum absolute atomic E-state index is 0. The molecule has 0 aliphatic rings. The van der Waals surface area contributed by atoms with Crippen LogP contribution in [-0.4, -0.2) is 26.7 Å². The summed E-state index contributed by atoms with van der Waals surface area (Å²) in [7, 11) is 3.18. The third-order valence-electron chi connectivity index (χ3n) is 4.02. The summed E-state index contributed by atoms with van der Waals surface area (Å²) in [5, 5.41) is 3.02. The Hall–Kier alpha value is -2.24. The van der Waals surface area contributed by atoms with E-state index in [-0.39, 0.29) is 36.8 Å². The van der Waals surface area contributed by atoms with Crippen LogP contribution in [0.3, 0.4) is 0 Å². The van der Waals surface area contributed by atoms with Crippen LogP contribution in [0.5, 0.6) is 11.5 Å². The first-order valence-electron chi connectivity index (χ1n) is 7.88. The Kier molecular flexibility index (Phi) is 8.25. The third-order valence-corrected chi connectivity index (χ3v) is 4.02. The van der Waals surface area contributed by atoms with Gasteiger partial charge in [0.2, 0.25) is 5.91 Å². The number of rotatable bonds is 7. The lowest BCUT2D eigenvalue weighted by molar-refractivity contribution is -0.123. The molecule has 0 radical (unpaired) electrons. The molecule has 0 saturated carbocycles. The Morgan fingerprint density at radius 2 is 1.68 bits per heavy atom. The van der Waals surface area contributed by atoms with Gasteiger partial charge in [-0.15, -0.1) is 12.4 Å². The van der Waals surface area contributed by atoms with Crippen molar-refractivity contribution < 1.29 is 14.3 Å². The summed E-state index contributed by atoms with van der Waals surface area (Å²) in [6.45, 7) is 2.19. The van der Waals surface area contributed by atoms with Crippen LogP contribution in [0.15, 0.2) is 48.5 Å². The molecule has 0 heterocycles. The molecule has 0 saturated heterocycles. The fraction of sp³-hybridized carbons (Fsp3) is 0.316. The van der Waals surface area contributed by atoms with Crippen LogP contribution >= 0.6 is 12.4 Å². The van der Waals surface area contributed by atoms with Gasteiger partial charge in [0, 0.05) is 6.54 Å². The van der Waals surface area contributed by atoms with Crippen LogP contribution < -0.4 is 20.5 Å². The number of carbonyl (C=O) groups excluding carboxylic acids is 1. The van der Waals surface area contributed by atoms with Crippen molar-refractivity contribution in [2.45, 2.75) is 18.9 Å². The van der Waals surface area contributed by atoms with Crippen LogP contribution in [-0.2, 0) is 4.79 Å². The predicted octanol–water partition coefficient (Wildman–Crippen LogP) is 3.05. The van der Waals surface area contributed by atoms with Crippen molar-refractivity contribution in [3.8, 4) is 11.5 Å². The third kappa shape index (κ3) is 5.11. The lowest BCUT2D eigenvalue weighted by atomic mass is 9.97. The maximum atomic E-state index is 12.6. The molecule has 25 heavy (non-hydrogen) atoms. The first-order chi connectivity index (χ1) is 11.6. The molecule has 2 rings (SSSR count). The Bertz CT molecular complexity index is 680. The Morgan fingerprint density at radius 1 is 1.04 bits per heavy atom. The minimum atomic E-state index is -0.367. The predicted molar refractivity (Wildman–Crippen MR) is 102 cm³/mol. The smallest absolute Gasteiger partial charge is 0.229 e. The second kappa shape index (κ2) is 9.91. The molecule has 1 amide bonds. The van der Waals surface area contributed by atoms with E-state index in [1.807, 2.05) is 55.5 Å². The SMILES string of the molecule is COc1ccc(C(C)NC(=O)C(CN)c2ccccc2)cc1OC.Cl. The van der Waals surface area contributed by atoms with Crippen molar-refractivity contribution in [1.82, 2.24) is 5.32 Å². The van der Waals surface area contributed by atoms with Gasteiger partial charge in [-0.05, 0) is 30.2 Å². The van der Waals surface area contributed by atoms with Gasteiger partial charge in [0.25, 0.3) is 0 Å². The molecule has 3 N–H and O–H groups in total. The lowest BCUT2D eigenvalue weighted by Crippen LogP contribution is -2.35. The first kappa shape index (κ1) is 20.8. The van der Waals surface area contributed by atoms with Gasteiger partial charge < -0.3 is 20.5 Å². The monoisotopic (exact) mass is 364 g/mol. The quantitative estimate of drug-likeness (QED) is 0.792. The van der Waals surface area contributed by atoms with Gasteiger partial charge in [0.1, 0.15) is 0 Å². The van der Waals surface area contributed by atoms with Crippen LogP contribution in [0, 0.1) is 0 Å². The highest BCUT2D eigenvalue weighted by molar-refractivity contribution is 5.85. The van der Waals surface area contributed by atoms with Crippen molar-refractivity contribution >= 4 is 18.3 Å². The van der Waals surface area contributed by atoms with Gasteiger partial charge in [0.15, 0.2) is 11.5 Å². The zero-order valence-corrected chi connectivity index (χ0v) is 15.5. The Labute approximate surface area is 154 Å². The standard InChI is InChI=1S/C19H24N2O3.ClH/c1-13(15-9-10-17(23-2)18(11-15)24-3)21-19(22)16(12-20)14-7-5-4-6-8-14;/h4-11,13,16H,12,20H2,1-3H3,(H,21,22);1H. The van der Waals surface area contributed by atoms with Gasteiger partial charge >= 0.3 is 0 Å². The molecule has 2 unspecified atom stereocenters. The number of nitrogens with two attached hydrogens (primary N) is 1. The van der Waals surface area contributed by atoms with Crippen LogP contribution in [0.1, 0.15) is 30.0 Å². The van der Waals surface area contributed by atoms with E-state index in [2.05, 4.69) is 5.32 Å². The number of methoxy groups -OCH3 is 2. The lowest BCUT2D eigenvalue weighted by Gasteiger charge is -2.20. The summed E-state index contributed by atoms with van der Waals surface area (Å²) >= 11 is 0. The number of carbonyl (C=O) groups is 1. The van der Waals surface area contributed by atoms with Gasteiger partial charge in [0.05, 0.1) is 26.2 Å². The summed E-state index contributed by atoms with van der Waals surface area (Å²) in [5.74, 6) is 0.832. The van der Waals surface area contributed by atoms with Crippen LogP contribution in [0.2, 0.25) is 0 Å². The van der Waals surface area contributed by atoms with E-state index in [9.17, 15) is 4.79 Å². The number of hydrogen-bond donors (Lipinski definition) is 2. The van der Waals surface area contributed by atoms with E-state index in [4.69, 9.17) is 15.2 Å². The summed E-state index contributed by atoms with van der Waals surface area (Å²) in [6.07, 6.45) is 0. The molecule has 0 aliphatic carbocycles. The van der Waals surface area contributed by atoms with Crippen molar-refractivity contribution in [2.24, 2.45) is 5.73 Å². The normalized spacial score (nSPS) is 12.5. The molecule has 0 aromatic heterocycles. The van der Waals surface area contributed by atoms with Gasteiger partial charge in [-0.3, -0.25) is 4.79 Å². The van der Waals surface area contributed by atoms with Gasteiger partial charge in [-0.25, -0.2) is 0 Å². The molecule has 2 atom stereocenters. The molecular formula is C19H25ClN2O3. The van der Waals surface area contributed by atoms with E-state index >= 15 is 0 Å². The summed E-state index contributed by atoms with van der Waals surface area (Å²) in [5.41, 5.74) is 7.66. The number of hydrogen-bond acceptors (Lipinski definition) is 4. The Morgan fingerprint density at radius 3 is 2.24 bits per heavy atom. The van der Waals surface area contributed by atoms with Crippen molar-refractivity contribution in [3.63, 3.8) is 0 Å². The van der Waals surface area contributed by atoms with Gasteiger partial charge in [-0.1, -0.05) is 36.4 Å². The fourth-order valence-electron chi connectivity index (χ4n) is 2.60. The van der Waals surface area contributed by atoms with E-state index in [1.165, 1.54) is 0 Å². The molecule has 5 nitrogen and oxygen atoms in total. The van der Waals surface area contributed by atoms with Crippen molar-refractivity contribution in [2.75, 3.05) is 20.8 Å². The number of benzene rings is 2. The van der Waals surface area contributed by atoms with E-state index in [0.29, 0.717) is 11.5 Å². The average Bonchev–Trinajstić information content (AvgIpc) is 2.62. The highest BCUT2D eigenvalue weighted by atomic mass is 35.5. The molecule has 2 aromatic carbocycles. The highest BCUT2D eigenvalue weighted by Crippen LogP contribution is 2.30. The van der Waals surface area contributed by atoms with E-state index < -0.39 is 0 Å². The molecule has 0 bridgehead atoms. The minimum Gasteiger partial charge on any atom is -0.493 e. The topological polar surface area (TPSA) is 73.6 Å². The summed E-state index contributed by atoms with van der Waals surface area (Å²) in [6, 6.07) is 15.0. The second-order valence-corrected chi connectivity index (χ2v) is 5.54. The summed E-state index contributed by atoms with van der Waals surface area (Å²) in [4.78, 5) is 12.6. The Balaban J connectivity index is 0.00000312. The first-order valence-corrected chi connectivity index (χ1v) is 7.88. The maximum Gasteiger partial charge on any atom is 0.229 e. The molecule has 2 aromatic rings. The molecule has 0 aliphatic heterocycles. The highest BCUT2D eigenvalue weighted by Gasteiger charge is 2.21. The second-order valence-electron chi connectivity index (χ2n) is 5.54. The van der Waals surface area contributed by atoms with Crippen LogP contribution in [0.25, 0.3) is 0 Å². The zero-order chi connectivity index (χ0) is 17.5. The molecule has 0 spiro atoms. The van der Waals surface area contributed by atoms with Crippen molar-refractivity contribution in [3.05, 3.63) is 59.7 Å². The molecule has 6 heteroatoms. The largest absolute Gasteiger partial charge is 0.493 e. The van der Waals surface area contributed by atoms with Gasteiger partial charge in [-0.2, -0.15) is 0 Å². The van der Waals surface area contributed by atoms with E-state index in [0.717, 1.165) is 11.1 Å². The number of amides is 1. The number of halogens is 1. The average molecular weight is 365 g/mol. The fourth-order valence-corrected chi connectivity index (χ4v) is 2.60. The number of ether oxygens (including phenoxy) is 2. The van der Waals surface area contributed by atoms with E-state index in [1.54, 1.807) is 14.2 Å². The zero-order valence-electron chi connectivity index (χ0n) is 14.7. The maximum absolute atomic E-state index is 12.6. The molecular weight excluding hydrogens is 340 g/mol. The number of nitrogens with one attached hydrogen (secondary N) is 1. The van der Waals surface area contributed by atoms with Crippen LogP contribution in [0.4, 0.5) is 0 Å². The molecule has 136 valence electrons.